The van der Waals surface area contributed by atoms with Crippen molar-refractivity contribution in [3.8, 4) is 5.75 Å². The lowest BCUT2D eigenvalue weighted by atomic mass is 10.2. The molecule has 0 amide bonds. The molecule has 0 aromatic heterocycles. The van der Waals surface area contributed by atoms with Gasteiger partial charge in [0.2, 0.25) is 0 Å². The fraction of sp³-hybridized carbons (Fsp3) is 0.0714. The minimum Gasteiger partial charge on any atom is -0.487 e. The Kier molecular flexibility index (Phi) is 5.64. The number of hydrogen-bond donors (Lipinski definition) is 0. The molecular formula is C14H9BrI2O2. The van der Waals surface area contributed by atoms with E-state index in [9.17, 15) is 4.79 Å². The van der Waals surface area contributed by atoms with Crippen molar-refractivity contribution in [1.82, 2.24) is 0 Å². The Morgan fingerprint density at radius 1 is 1.11 bits per heavy atom. The molecule has 0 saturated carbocycles. The van der Waals surface area contributed by atoms with Crippen LogP contribution in [0, 0.1) is 7.14 Å². The molecule has 0 bridgehead atoms. The maximum absolute atomic E-state index is 10.8. The van der Waals surface area contributed by atoms with Crippen molar-refractivity contribution in [2.45, 2.75) is 6.61 Å². The summed E-state index contributed by atoms with van der Waals surface area (Å²) in [5.41, 5.74) is 1.78. The van der Waals surface area contributed by atoms with E-state index in [1.54, 1.807) is 0 Å². The third kappa shape index (κ3) is 4.16. The molecule has 98 valence electrons. The molecule has 2 aromatic carbocycles. The van der Waals surface area contributed by atoms with Crippen molar-refractivity contribution in [2.75, 3.05) is 0 Å². The van der Waals surface area contributed by atoms with E-state index in [-0.39, 0.29) is 0 Å². The number of rotatable bonds is 4. The van der Waals surface area contributed by atoms with Gasteiger partial charge in [-0.3, -0.25) is 4.79 Å². The molecule has 2 nitrogen and oxygen atoms in total. The molecule has 0 radical (unpaired) electrons. The molecule has 0 aliphatic heterocycles. The minimum absolute atomic E-state index is 0.514. The van der Waals surface area contributed by atoms with Crippen molar-refractivity contribution < 1.29 is 9.53 Å². The molecule has 0 saturated heterocycles. The zero-order valence-electron chi connectivity index (χ0n) is 9.70. The number of ether oxygens (including phenoxy) is 1. The molecule has 0 aliphatic rings. The summed E-state index contributed by atoms with van der Waals surface area (Å²) in [5, 5.41) is 0. The highest BCUT2D eigenvalue weighted by Gasteiger charge is 2.09. The molecule has 0 atom stereocenters. The fourth-order valence-electron chi connectivity index (χ4n) is 1.52. The van der Waals surface area contributed by atoms with Gasteiger partial charge >= 0.3 is 0 Å². The van der Waals surface area contributed by atoms with Gasteiger partial charge in [0.1, 0.15) is 18.6 Å². The zero-order valence-corrected chi connectivity index (χ0v) is 15.6. The number of benzene rings is 2. The Labute approximate surface area is 147 Å². The van der Waals surface area contributed by atoms with Gasteiger partial charge in [0.05, 0.1) is 7.14 Å². The first kappa shape index (κ1) is 15.2. The molecule has 0 unspecified atom stereocenters. The van der Waals surface area contributed by atoms with Crippen molar-refractivity contribution in [3.05, 3.63) is 59.1 Å². The molecule has 0 heterocycles. The van der Waals surface area contributed by atoms with Crippen molar-refractivity contribution >= 4 is 67.4 Å². The predicted octanol–water partition coefficient (Wildman–Crippen LogP) is 5.05. The van der Waals surface area contributed by atoms with E-state index in [4.69, 9.17) is 4.74 Å². The van der Waals surface area contributed by atoms with Crippen LogP contribution in [0.4, 0.5) is 0 Å². The van der Waals surface area contributed by atoms with E-state index in [0.717, 1.165) is 29.2 Å². The van der Waals surface area contributed by atoms with E-state index < -0.39 is 0 Å². The summed E-state index contributed by atoms with van der Waals surface area (Å²) >= 11 is 7.78. The molecule has 2 rings (SSSR count). The summed E-state index contributed by atoms with van der Waals surface area (Å²) in [5.74, 6) is 0.828. The van der Waals surface area contributed by atoms with Gasteiger partial charge in [0.25, 0.3) is 0 Å². The van der Waals surface area contributed by atoms with Crippen LogP contribution in [0.3, 0.4) is 0 Å². The second-order valence-electron chi connectivity index (χ2n) is 3.85. The highest BCUT2D eigenvalue weighted by atomic mass is 127. The average molecular weight is 543 g/mol. The third-order valence-electron chi connectivity index (χ3n) is 2.45. The van der Waals surface area contributed by atoms with Crippen LogP contribution in [0.2, 0.25) is 0 Å². The standard InChI is InChI=1S/C14H9BrI2O2/c15-11-3-1-9(2-4-11)8-19-14-12(16)5-10(7-18)6-13(14)17/h1-7H,8H2. The van der Waals surface area contributed by atoms with Crippen LogP contribution >= 0.6 is 61.1 Å². The van der Waals surface area contributed by atoms with Crippen LogP contribution < -0.4 is 4.74 Å². The molecule has 5 heteroatoms. The first-order chi connectivity index (χ1) is 9.10. The summed E-state index contributed by atoms with van der Waals surface area (Å²) in [6, 6.07) is 11.7. The van der Waals surface area contributed by atoms with Gasteiger partial charge in [0, 0.05) is 10.0 Å². The topological polar surface area (TPSA) is 26.3 Å². The lowest BCUT2D eigenvalue weighted by Crippen LogP contribution is -2.00. The van der Waals surface area contributed by atoms with E-state index >= 15 is 0 Å². The predicted molar refractivity (Wildman–Crippen MR) is 95.7 cm³/mol. The summed E-state index contributed by atoms with van der Waals surface area (Å²) in [6.07, 6.45) is 0.850. The second kappa shape index (κ2) is 7.03. The second-order valence-corrected chi connectivity index (χ2v) is 7.09. The maximum atomic E-state index is 10.8. The summed E-state index contributed by atoms with van der Waals surface area (Å²) < 4.78 is 8.79. The van der Waals surface area contributed by atoms with E-state index in [2.05, 4.69) is 61.1 Å². The van der Waals surface area contributed by atoms with Gasteiger partial charge in [-0.2, -0.15) is 0 Å². The smallest absolute Gasteiger partial charge is 0.150 e. The van der Waals surface area contributed by atoms with Crippen molar-refractivity contribution in [2.24, 2.45) is 0 Å². The summed E-state index contributed by atoms with van der Waals surface area (Å²) in [4.78, 5) is 10.8. The molecular weight excluding hydrogens is 534 g/mol. The number of aldehydes is 1. The van der Waals surface area contributed by atoms with Gasteiger partial charge in [0.15, 0.2) is 0 Å². The molecule has 2 aromatic rings. The zero-order chi connectivity index (χ0) is 13.8. The summed E-state index contributed by atoms with van der Waals surface area (Å²) in [7, 11) is 0. The minimum atomic E-state index is 0.514. The van der Waals surface area contributed by atoms with Crippen LogP contribution in [0.15, 0.2) is 40.9 Å². The number of carbonyl (C=O) groups is 1. The fourth-order valence-corrected chi connectivity index (χ4v) is 3.91. The highest BCUT2D eigenvalue weighted by molar-refractivity contribution is 14.1. The monoisotopic (exact) mass is 542 g/mol. The Balaban J connectivity index is 2.15. The van der Waals surface area contributed by atoms with E-state index in [1.807, 2.05) is 36.4 Å². The molecule has 19 heavy (non-hydrogen) atoms. The lowest BCUT2D eigenvalue weighted by molar-refractivity contribution is 0.112. The van der Waals surface area contributed by atoms with Crippen LogP contribution in [0.1, 0.15) is 15.9 Å². The van der Waals surface area contributed by atoms with E-state index in [0.29, 0.717) is 12.2 Å². The van der Waals surface area contributed by atoms with Gasteiger partial charge in [-0.25, -0.2) is 0 Å². The van der Waals surface area contributed by atoms with Gasteiger partial charge in [-0.05, 0) is 75.0 Å². The quantitative estimate of drug-likeness (QED) is 0.399. The first-order valence-electron chi connectivity index (χ1n) is 5.41. The maximum Gasteiger partial charge on any atom is 0.150 e. The van der Waals surface area contributed by atoms with Crippen LogP contribution in [0.25, 0.3) is 0 Å². The molecule has 0 spiro atoms. The molecule has 0 aliphatic carbocycles. The first-order valence-corrected chi connectivity index (χ1v) is 8.36. The highest BCUT2D eigenvalue weighted by Crippen LogP contribution is 2.29. The van der Waals surface area contributed by atoms with Gasteiger partial charge in [-0.15, -0.1) is 0 Å². The average Bonchev–Trinajstić information content (AvgIpc) is 2.39. The van der Waals surface area contributed by atoms with Gasteiger partial charge in [-0.1, -0.05) is 28.1 Å². The molecule has 0 fully saturated rings. The van der Waals surface area contributed by atoms with Crippen LogP contribution in [-0.2, 0) is 6.61 Å². The Hall–Kier alpha value is -0.150. The Morgan fingerprint density at radius 2 is 1.68 bits per heavy atom. The Morgan fingerprint density at radius 3 is 2.21 bits per heavy atom. The third-order valence-corrected chi connectivity index (χ3v) is 4.58. The normalized spacial score (nSPS) is 10.3. The van der Waals surface area contributed by atoms with Crippen molar-refractivity contribution in [1.29, 1.82) is 0 Å². The van der Waals surface area contributed by atoms with Crippen molar-refractivity contribution in [3.63, 3.8) is 0 Å². The summed E-state index contributed by atoms with van der Waals surface area (Å²) in [6.45, 7) is 0.514. The van der Waals surface area contributed by atoms with E-state index in [1.165, 1.54) is 0 Å². The van der Waals surface area contributed by atoms with Crippen LogP contribution in [-0.4, -0.2) is 6.29 Å². The number of carbonyl (C=O) groups excluding carboxylic acids is 1. The van der Waals surface area contributed by atoms with Gasteiger partial charge < -0.3 is 4.74 Å². The number of hydrogen-bond acceptors (Lipinski definition) is 2. The molecule has 0 N–H and O–H groups in total. The van der Waals surface area contributed by atoms with Crippen LogP contribution in [0.5, 0.6) is 5.75 Å². The largest absolute Gasteiger partial charge is 0.487 e. The SMILES string of the molecule is O=Cc1cc(I)c(OCc2ccc(Br)cc2)c(I)c1. The lowest BCUT2D eigenvalue weighted by Gasteiger charge is -2.11. The Bertz CT molecular complexity index is 574. The number of halogens is 3.